The zero-order valence-corrected chi connectivity index (χ0v) is 14.4. The van der Waals surface area contributed by atoms with E-state index in [1.807, 2.05) is 31.2 Å². The summed E-state index contributed by atoms with van der Waals surface area (Å²) in [6, 6.07) is 10.8. The summed E-state index contributed by atoms with van der Waals surface area (Å²) in [5.74, 6) is 0.0351. The van der Waals surface area contributed by atoms with Crippen molar-refractivity contribution in [2.75, 3.05) is 31.1 Å². The Hall–Kier alpha value is -2.12. The second-order valence-electron chi connectivity index (χ2n) is 6.04. The molecule has 1 fully saturated rings. The quantitative estimate of drug-likeness (QED) is 0.906. The van der Waals surface area contributed by atoms with Crippen molar-refractivity contribution in [3.05, 3.63) is 64.1 Å². The van der Waals surface area contributed by atoms with Crippen molar-refractivity contribution >= 4 is 15.7 Å². The summed E-state index contributed by atoms with van der Waals surface area (Å²) in [5, 5.41) is 0. The predicted molar refractivity (Wildman–Crippen MR) is 94.7 cm³/mol. The van der Waals surface area contributed by atoms with Gasteiger partial charge in [-0.05, 0) is 18.6 Å². The van der Waals surface area contributed by atoms with E-state index in [2.05, 4.69) is 9.88 Å². The Morgan fingerprint density at radius 3 is 2.46 bits per heavy atom. The molecule has 0 unspecified atom stereocenters. The van der Waals surface area contributed by atoms with Crippen LogP contribution in [0.2, 0.25) is 0 Å². The van der Waals surface area contributed by atoms with Gasteiger partial charge in [0.1, 0.15) is 0 Å². The molecule has 0 spiro atoms. The molecule has 1 aromatic carbocycles. The zero-order chi connectivity index (χ0) is 17.2. The SMILES string of the molecule is Cc1cccc(CS(=O)(=O)N2CCN(c3ccc(=O)[nH]c3)CC2)c1. The van der Waals surface area contributed by atoms with Gasteiger partial charge in [-0.1, -0.05) is 29.8 Å². The van der Waals surface area contributed by atoms with Gasteiger partial charge in [0.05, 0.1) is 11.4 Å². The molecule has 6 nitrogen and oxygen atoms in total. The van der Waals surface area contributed by atoms with Gasteiger partial charge in [0.25, 0.3) is 0 Å². The summed E-state index contributed by atoms with van der Waals surface area (Å²) in [6.07, 6.45) is 1.67. The number of aryl methyl sites for hydroxylation is 1. The first-order valence-corrected chi connectivity index (χ1v) is 9.52. The number of anilines is 1. The number of hydrogen-bond acceptors (Lipinski definition) is 4. The molecule has 128 valence electrons. The molecule has 0 saturated carbocycles. The van der Waals surface area contributed by atoms with Crippen molar-refractivity contribution < 1.29 is 8.42 Å². The Balaban J connectivity index is 1.65. The lowest BCUT2D eigenvalue weighted by atomic mass is 10.2. The molecule has 2 heterocycles. The average Bonchev–Trinajstić information content (AvgIpc) is 2.55. The molecule has 7 heteroatoms. The lowest BCUT2D eigenvalue weighted by Gasteiger charge is -2.35. The molecule has 1 aliphatic rings. The molecule has 0 aliphatic carbocycles. The number of pyridine rings is 1. The lowest BCUT2D eigenvalue weighted by Crippen LogP contribution is -2.49. The van der Waals surface area contributed by atoms with Gasteiger partial charge in [-0.15, -0.1) is 0 Å². The first-order chi connectivity index (χ1) is 11.4. The second kappa shape index (κ2) is 6.78. The van der Waals surface area contributed by atoms with E-state index in [0.717, 1.165) is 16.8 Å². The van der Waals surface area contributed by atoms with Crippen LogP contribution in [0.5, 0.6) is 0 Å². The van der Waals surface area contributed by atoms with Crippen LogP contribution in [0.25, 0.3) is 0 Å². The molecule has 1 saturated heterocycles. The fraction of sp³-hybridized carbons (Fsp3) is 0.353. The molecule has 0 atom stereocenters. The van der Waals surface area contributed by atoms with Gasteiger partial charge in [-0.25, -0.2) is 8.42 Å². The van der Waals surface area contributed by atoms with E-state index < -0.39 is 10.0 Å². The number of nitrogens with zero attached hydrogens (tertiary/aromatic N) is 2. The van der Waals surface area contributed by atoms with Crippen molar-refractivity contribution in [1.29, 1.82) is 0 Å². The summed E-state index contributed by atoms with van der Waals surface area (Å²) in [4.78, 5) is 15.8. The van der Waals surface area contributed by atoms with Gasteiger partial charge in [0.15, 0.2) is 0 Å². The van der Waals surface area contributed by atoms with E-state index in [1.54, 1.807) is 16.6 Å². The second-order valence-corrected chi connectivity index (χ2v) is 8.01. The van der Waals surface area contributed by atoms with E-state index >= 15 is 0 Å². The van der Waals surface area contributed by atoms with Crippen molar-refractivity contribution in [2.45, 2.75) is 12.7 Å². The molecule has 2 aromatic rings. The predicted octanol–water partition coefficient (Wildman–Crippen LogP) is 1.34. The highest BCUT2D eigenvalue weighted by atomic mass is 32.2. The van der Waals surface area contributed by atoms with Crippen molar-refractivity contribution in [1.82, 2.24) is 9.29 Å². The molecule has 1 N–H and O–H groups in total. The maximum absolute atomic E-state index is 12.6. The third-order valence-corrected chi connectivity index (χ3v) is 6.05. The summed E-state index contributed by atoms with van der Waals surface area (Å²) in [5.41, 5.74) is 2.65. The highest BCUT2D eigenvalue weighted by molar-refractivity contribution is 7.88. The molecule has 1 aliphatic heterocycles. The van der Waals surface area contributed by atoms with Crippen molar-refractivity contribution in [3.63, 3.8) is 0 Å². The van der Waals surface area contributed by atoms with Crippen LogP contribution in [0.4, 0.5) is 5.69 Å². The number of aromatic amines is 1. The van der Waals surface area contributed by atoms with Crippen LogP contribution >= 0.6 is 0 Å². The van der Waals surface area contributed by atoms with E-state index in [1.165, 1.54) is 6.07 Å². The van der Waals surface area contributed by atoms with E-state index in [4.69, 9.17) is 0 Å². The fourth-order valence-corrected chi connectivity index (χ4v) is 4.43. The van der Waals surface area contributed by atoms with Gasteiger partial charge < -0.3 is 9.88 Å². The Morgan fingerprint density at radius 2 is 1.83 bits per heavy atom. The van der Waals surface area contributed by atoms with Crippen LogP contribution in [0.3, 0.4) is 0 Å². The smallest absolute Gasteiger partial charge is 0.248 e. The summed E-state index contributed by atoms with van der Waals surface area (Å²) >= 11 is 0. The minimum atomic E-state index is -3.32. The topological polar surface area (TPSA) is 73.5 Å². The van der Waals surface area contributed by atoms with Crippen LogP contribution in [0, 0.1) is 6.92 Å². The number of nitrogens with one attached hydrogen (secondary N) is 1. The fourth-order valence-electron chi connectivity index (χ4n) is 2.93. The summed E-state index contributed by atoms with van der Waals surface area (Å²) in [7, 11) is -3.32. The van der Waals surface area contributed by atoms with Crippen LogP contribution in [-0.2, 0) is 15.8 Å². The van der Waals surface area contributed by atoms with Gasteiger partial charge in [0, 0.05) is 38.4 Å². The highest BCUT2D eigenvalue weighted by Crippen LogP contribution is 2.18. The molecule has 1 aromatic heterocycles. The lowest BCUT2D eigenvalue weighted by molar-refractivity contribution is 0.384. The average molecular weight is 347 g/mol. The molecule has 0 bridgehead atoms. The maximum atomic E-state index is 12.6. The molecular formula is C17H21N3O3S. The number of H-pyrrole nitrogens is 1. The first-order valence-electron chi connectivity index (χ1n) is 7.91. The monoisotopic (exact) mass is 347 g/mol. The first kappa shape index (κ1) is 16.7. The van der Waals surface area contributed by atoms with E-state index in [9.17, 15) is 13.2 Å². The van der Waals surface area contributed by atoms with Crippen LogP contribution in [0.1, 0.15) is 11.1 Å². The van der Waals surface area contributed by atoms with Crippen molar-refractivity contribution in [2.24, 2.45) is 0 Å². The Labute approximate surface area is 141 Å². The molecule has 3 rings (SSSR count). The number of rotatable bonds is 4. The number of aromatic nitrogens is 1. The zero-order valence-electron chi connectivity index (χ0n) is 13.6. The third-order valence-electron chi connectivity index (χ3n) is 4.20. The third kappa shape index (κ3) is 3.85. The molecular weight excluding hydrogens is 326 g/mol. The Morgan fingerprint density at radius 1 is 1.08 bits per heavy atom. The van der Waals surface area contributed by atoms with Crippen LogP contribution in [-0.4, -0.2) is 43.9 Å². The summed E-state index contributed by atoms with van der Waals surface area (Å²) in [6.45, 7) is 4.08. The Bertz CT molecular complexity index is 848. The van der Waals surface area contributed by atoms with E-state index in [-0.39, 0.29) is 11.3 Å². The number of piperazine rings is 1. The minimum Gasteiger partial charge on any atom is -0.368 e. The van der Waals surface area contributed by atoms with Crippen LogP contribution in [0.15, 0.2) is 47.4 Å². The van der Waals surface area contributed by atoms with Crippen LogP contribution < -0.4 is 10.5 Å². The standard InChI is InChI=1S/C17H21N3O3S/c1-14-3-2-4-15(11-14)13-24(22,23)20-9-7-19(8-10-20)16-5-6-17(21)18-12-16/h2-6,11-12H,7-10,13H2,1H3,(H,18,21). The van der Waals surface area contributed by atoms with Gasteiger partial charge in [-0.3, -0.25) is 4.79 Å². The molecule has 0 radical (unpaired) electrons. The number of benzene rings is 1. The maximum Gasteiger partial charge on any atom is 0.248 e. The van der Waals surface area contributed by atoms with Gasteiger partial charge >= 0.3 is 0 Å². The van der Waals surface area contributed by atoms with E-state index in [0.29, 0.717) is 26.2 Å². The largest absolute Gasteiger partial charge is 0.368 e. The molecule has 24 heavy (non-hydrogen) atoms. The van der Waals surface area contributed by atoms with Gasteiger partial charge in [-0.2, -0.15) is 4.31 Å². The highest BCUT2D eigenvalue weighted by Gasteiger charge is 2.27. The number of sulfonamides is 1. The normalized spacial score (nSPS) is 16.3. The summed E-state index contributed by atoms with van der Waals surface area (Å²) < 4.78 is 26.8. The van der Waals surface area contributed by atoms with Crippen molar-refractivity contribution in [3.8, 4) is 0 Å². The Kier molecular flexibility index (Phi) is 4.73. The number of hydrogen-bond donors (Lipinski definition) is 1. The molecule has 0 amide bonds. The minimum absolute atomic E-state index is 0.0351. The van der Waals surface area contributed by atoms with Gasteiger partial charge in [0.2, 0.25) is 15.6 Å².